The van der Waals surface area contributed by atoms with Gasteiger partial charge in [0.2, 0.25) is 0 Å². The molecule has 0 fully saturated rings. The molecule has 0 aromatic carbocycles. The minimum Gasteiger partial charge on any atom is -0.392 e. The van der Waals surface area contributed by atoms with Crippen LogP contribution in [0.3, 0.4) is 0 Å². The maximum Gasteiger partial charge on any atom is 0.353 e. The van der Waals surface area contributed by atoms with Crippen molar-refractivity contribution in [2.24, 2.45) is 0 Å². The minimum atomic E-state index is -0.544. The fraction of sp³-hybridized carbons (Fsp3) is 0.333. The van der Waals surface area contributed by atoms with Gasteiger partial charge in [0.1, 0.15) is 5.82 Å². The van der Waals surface area contributed by atoms with Crippen molar-refractivity contribution in [1.82, 2.24) is 9.55 Å². The van der Waals surface area contributed by atoms with Crippen LogP contribution in [-0.4, -0.2) is 33.0 Å². The van der Waals surface area contributed by atoms with E-state index in [0.29, 0.717) is 11.1 Å². The second kappa shape index (κ2) is 4.72. The molecule has 0 aliphatic heterocycles. The second-order valence-corrected chi connectivity index (χ2v) is 3.10. The third kappa shape index (κ3) is 2.64. The van der Waals surface area contributed by atoms with E-state index in [-0.39, 0.29) is 19.0 Å². The summed E-state index contributed by atoms with van der Waals surface area (Å²) in [5.74, 6) is 0.180. The Morgan fingerprint density at radius 2 is 2.20 bits per heavy atom. The summed E-state index contributed by atoms with van der Waals surface area (Å²) in [6, 6.07) is 0. The molecular weight excluding hydrogens is 198 g/mol. The molecule has 0 atom stereocenters. The molecule has 0 aliphatic carbocycles. The van der Waals surface area contributed by atoms with E-state index in [0.717, 1.165) is 0 Å². The van der Waals surface area contributed by atoms with E-state index >= 15 is 0 Å². The number of aryl methyl sites for hydroxylation is 1. The van der Waals surface area contributed by atoms with Crippen molar-refractivity contribution in [3.63, 3.8) is 0 Å². The van der Waals surface area contributed by atoms with Crippen LogP contribution in [0, 0.1) is 6.92 Å². The van der Waals surface area contributed by atoms with Gasteiger partial charge in [0.05, 0.1) is 13.2 Å². The number of nitrogen functional groups attached to an aromatic ring is 1. The van der Waals surface area contributed by atoms with Crippen LogP contribution in [0.4, 0.5) is 5.82 Å². The Kier molecular flexibility index (Phi) is 3.59. The van der Waals surface area contributed by atoms with E-state index in [1.807, 2.05) is 0 Å². The van der Waals surface area contributed by atoms with Crippen LogP contribution in [0.25, 0.3) is 6.20 Å². The molecule has 0 unspecified atom stereocenters. The predicted molar refractivity (Wildman–Crippen MR) is 56.1 cm³/mol. The molecule has 1 heterocycles. The summed E-state index contributed by atoms with van der Waals surface area (Å²) in [7, 11) is 0. The van der Waals surface area contributed by atoms with Crippen molar-refractivity contribution in [2.75, 3.05) is 18.9 Å². The molecule has 0 bridgehead atoms. The lowest BCUT2D eigenvalue weighted by Crippen LogP contribution is -2.21. The Morgan fingerprint density at radius 3 is 2.73 bits per heavy atom. The van der Waals surface area contributed by atoms with Crippen LogP contribution in [0.1, 0.15) is 5.56 Å². The highest BCUT2D eigenvalue weighted by Gasteiger charge is 2.01. The zero-order valence-corrected chi connectivity index (χ0v) is 8.34. The standard InChI is InChI=1S/C9H13N3O3/c1-6-2-12(3-7(4-13)5-14)9(15)11-8(6)10/h2-3,13-14H,4-5H2,1H3,(H2,10,11,15). The lowest BCUT2D eigenvalue weighted by molar-refractivity contribution is 0.277. The number of hydrogen-bond donors (Lipinski definition) is 3. The molecule has 6 heteroatoms. The van der Waals surface area contributed by atoms with Gasteiger partial charge in [-0.05, 0) is 12.5 Å². The quantitative estimate of drug-likeness (QED) is 0.592. The summed E-state index contributed by atoms with van der Waals surface area (Å²) < 4.78 is 1.17. The fourth-order valence-electron chi connectivity index (χ4n) is 1.000. The van der Waals surface area contributed by atoms with Crippen LogP contribution < -0.4 is 11.4 Å². The number of aliphatic hydroxyl groups is 2. The number of rotatable bonds is 3. The SMILES string of the molecule is Cc1cn(C=C(CO)CO)c(=O)nc1N. The van der Waals surface area contributed by atoms with Gasteiger partial charge in [-0.15, -0.1) is 0 Å². The topological polar surface area (TPSA) is 101 Å². The van der Waals surface area contributed by atoms with Crippen molar-refractivity contribution in [1.29, 1.82) is 0 Å². The number of hydrogen-bond acceptors (Lipinski definition) is 5. The molecule has 1 aromatic rings. The van der Waals surface area contributed by atoms with Gasteiger partial charge in [-0.3, -0.25) is 4.57 Å². The maximum absolute atomic E-state index is 11.3. The first-order valence-electron chi connectivity index (χ1n) is 4.35. The van der Waals surface area contributed by atoms with E-state index in [1.165, 1.54) is 17.0 Å². The van der Waals surface area contributed by atoms with Gasteiger partial charge in [-0.25, -0.2) is 4.79 Å². The summed E-state index contributed by atoms with van der Waals surface area (Å²) in [6.45, 7) is 1.09. The van der Waals surface area contributed by atoms with E-state index in [2.05, 4.69) is 4.98 Å². The Balaban J connectivity index is 3.21. The van der Waals surface area contributed by atoms with Crippen LogP contribution >= 0.6 is 0 Å². The highest BCUT2D eigenvalue weighted by Crippen LogP contribution is 2.03. The average Bonchev–Trinajstić information content (AvgIpc) is 2.21. The lowest BCUT2D eigenvalue weighted by atomic mass is 10.3. The largest absolute Gasteiger partial charge is 0.392 e. The summed E-state index contributed by atoms with van der Waals surface area (Å²) >= 11 is 0. The summed E-state index contributed by atoms with van der Waals surface area (Å²) in [6.07, 6.45) is 2.83. The third-order valence-corrected chi connectivity index (χ3v) is 1.90. The summed E-state index contributed by atoms with van der Waals surface area (Å²) in [5, 5.41) is 17.6. The lowest BCUT2D eigenvalue weighted by Gasteiger charge is -2.04. The van der Waals surface area contributed by atoms with Crippen LogP contribution in [0.15, 0.2) is 16.6 Å². The Bertz CT molecular complexity index is 431. The van der Waals surface area contributed by atoms with Gasteiger partial charge in [-0.1, -0.05) is 0 Å². The fourth-order valence-corrected chi connectivity index (χ4v) is 1.000. The van der Waals surface area contributed by atoms with Crippen molar-refractivity contribution < 1.29 is 10.2 Å². The molecule has 0 spiro atoms. The van der Waals surface area contributed by atoms with E-state index < -0.39 is 5.69 Å². The van der Waals surface area contributed by atoms with Gasteiger partial charge < -0.3 is 15.9 Å². The Hall–Kier alpha value is -1.66. The van der Waals surface area contributed by atoms with E-state index in [9.17, 15) is 4.79 Å². The Labute approximate surface area is 86.3 Å². The van der Waals surface area contributed by atoms with Crippen LogP contribution in [-0.2, 0) is 0 Å². The molecule has 1 rings (SSSR count). The molecule has 1 aromatic heterocycles. The number of nitrogens with zero attached hydrogens (tertiary/aromatic N) is 2. The zero-order chi connectivity index (χ0) is 11.4. The normalized spacial score (nSPS) is 10.1. The molecule has 4 N–H and O–H groups in total. The monoisotopic (exact) mass is 211 g/mol. The van der Waals surface area contributed by atoms with Crippen molar-refractivity contribution in [2.45, 2.75) is 6.92 Å². The molecule has 0 radical (unpaired) electrons. The molecule has 0 aliphatic rings. The number of nitrogens with two attached hydrogens (primary N) is 1. The van der Waals surface area contributed by atoms with Gasteiger partial charge in [0, 0.05) is 18.0 Å². The predicted octanol–water partition coefficient (Wildman–Crippen LogP) is -1.04. The second-order valence-electron chi connectivity index (χ2n) is 3.10. The van der Waals surface area contributed by atoms with E-state index in [1.54, 1.807) is 6.92 Å². The smallest absolute Gasteiger partial charge is 0.353 e. The van der Waals surface area contributed by atoms with Gasteiger partial charge in [0.25, 0.3) is 0 Å². The van der Waals surface area contributed by atoms with Gasteiger partial charge in [-0.2, -0.15) is 4.98 Å². The third-order valence-electron chi connectivity index (χ3n) is 1.90. The van der Waals surface area contributed by atoms with Crippen molar-refractivity contribution in [3.05, 3.63) is 27.8 Å². The first-order valence-corrected chi connectivity index (χ1v) is 4.35. The van der Waals surface area contributed by atoms with Gasteiger partial charge in [0.15, 0.2) is 0 Å². The molecule has 6 nitrogen and oxygen atoms in total. The first-order chi connectivity index (χ1) is 7.08. The Morgan fingerprint density at radius 1 is 1.60 bits per heavy atom. The number of aromatic nitrogens is 2. The van der Waals surface area contributed by atoms with Crippen molar-refractivity contribution >= 4 is 12.0 Å². The highest BCUT2D eigenvalue weighted by molar-refractivity contribution is 5.39. The summed E-state index contributed by atoms with van der Waals surface area (Å²) in [4.78, 5) is 14.9. The first kappa shape index (κ1) is 11.4. The average molecular weight is 211 g/mol. The van der Waals surface area contributed by atoms with Crippen molar-refractivity contribution in [3.8, 4) is 0 Å². The van der Waals surface area contributed by atoms with Crippen LogP contribution in [0.2, 0.25) is 0 Å². The molecule has 0 saturated carbocycles. The molecular formula is C9H13N3O3. The van der Waals surface area contributed by atoms with E-state index in [4.69, 9.17) is 15.9 Å². The number of aliphatic hydroxyl groups excluding tert-OH is 2. The highest BCUT2D eigenvalue weighted by atomic mass is 16.3. The van der Waals surface area contributed by atoms with Crippen LogP contribution in [0.5, 0.6) is 0 Å². The van der Waals surface area contributed by atoms with Gasteiger partial charge >= 0.3 is 5.69 Å². The number of anilines is 1. The molecule has 0 saturated heterocycles. The minimum absolute atomic E-state index is 0.180. The molecule has 15 heavy (non-hydrogen) atoms. The summed E-state index contributed by atoms with van der Waals surface area (Å²) in [5.41, 5.74) is 5.87. The zero-order valence-electron chi connectivity index (χ0n) is 8.34. The maximum atomic E-state index is 11.3. The molecule has 82 valence electrons. The molecule has 0 amide bonds.